The van der Waals surface area contributed by atoms with Gasteiger partial charge >= 0.3 is 0 Å². The van der Waals surface area contributed by atoms with Crippen LogP contribution in [-0.4, -0.2) is 68.7 Å². The maximum absolute atomic E-state index is 13.3. The molecule has 2 heterocycles. The molecule has 1 aromatic heterocycles. The number of benzene rings is 1. The largest absolute Gasteiger partial charge is 0.383 e. The monoisotopic (exact) mass is 416 g/mol. The second-order valence-electron chi connectivity index (χ2n) is 7.19. The smallest absolute Gasteiger partial charge is 0.249 e. The summed E-state index contributed by atoms with van der Waals surface area (Å²) in [6.45, 7) is 3.40. The molecule has 29 heavy (non-hydrogen) atoms. The Morgan fingerprint density at radius 1 is 1.17 bits per heavy atom. The Hall–Kier alpha value is -2.22. The van der Waals surface area contributed by atoms with Gasteiger partial charge in [-0.2, -0.15) is 0 Å². The summed E-state index contributed by atoms with van der Waals surface area (Å²) < 4.78 is 10.1. The SMILES string of the molecule is COCCN(CC(=O)N1CCc2sccc2[C@@H]1c1ccc(C)cc1)C(=O)COC. The van der Waals surface area contributed by atoms with Crippen LogP contribution in [0, 0.1) is 6.92 Å². The van der Waals surface area contributed by atoms with Crippen LogP contribution in [0.4, 0.5) is 0 Å². The molecule has 0 saturated carbocycles. The Kier molecular flexibility index (Phi) is 7.41. The standard InChI is InChI=1S/C22H28N2O4S/c1-16-4-6-17(7-5-16)22-18-9-13-29-19(18)8-10-24(22)20(25)14-23(11-12-27-2)21(26)15-28-3/h4-7,9,13,22H,8,10-12,14-15H2,1-3H3/t22-/m0/s1. The first-order valence-corrected chi connectivity index (χ1v) is 10.6. The number of nitrogens with zero attached hydrogens (tertiary/aromatic N) is 2. The molecule has 0 fully saturated rings. The Bertz CT molecular complexity index is 834. The van der Waals surface area contributed by atoms with E-state index >= 15 is 0 Å². The van der Waals surface area contributed by atoms with Gasteiger partial charge in [0.1, 0.15) is 6.61 Å². The van der Waals surface area contributed by atoms with Crippen LogP contribution in [0.1, 0.15) is 27.6 Å². The predicted molar refractivity (Wildman–Crippen MR) is 113 cm³/mol. The molecule has 7 heteroatoms. The van der Waals surface area contributed by atoms with E-state index in [4.69, 9.17) is 9.47 Å². The van der Waals surface area contributed by atoms with Gasteiger partial charge in [0.15, 0.2) is 0 Å². The van der Waals surface area contributed by atoms with Crippen LogP contribution < -0.4 is 0 Å². The van der Waals surface area contributed by atoms with Gasteiger partial charge < -0.3 is 19.3 Å². The Labute approximate surface area is 176 Å². The summed E-state index contributed by atoms with van der Waals surface area (Å²) in [4.78, 5) is 30.5. The zero-order valence-electron chi connectivity index (χ0n) is 17.2. The van der Waals surface area contributed by atoms with Gasteiger partial charge in [-0.05, 0) is 35.9 Å². The summed E-state index contributed by atoms with van der Waals surface area (Å²) in [5.74, 6) is -0.272. The molecule has 1 aliphatic heterocycles. The second-order valence-corrected chi connectivity index (χ2v) is 8.19. The van der Waals surface area contributed by atoms with Crippen molar-refractivity contribution in [1.82, 2.24) is 9.80 Å². The van der Waals surface area contributed by atoms with Crippen LogP contribution in [0.5, 0.6) is 0 Å². The first kappa shape index (κ1) is 21.5. The molecule has 3 rings (SSSR count). The first-order chi connectivity index (χ1) is 14.0. The summed E-state index contributed by atoms with van der Waals surface area (Å²) in [7, 11) is 3.06. The van der Waals surface area contributed by atoms with Gasteiger partial charge in [0, 0.05) is 32.2 Å². The van der Waals surface area contributed by atoms with Crippen LogP contribution in [-0.2, 0) is 25.5 Å². The molecular formula is C22H28N2O4S. The highest BCUT2D eigenvalue weighted by molar-refractivity contribution is 7.10. The number of thiophene rings is 1. The minimum absolute atomic E-state index is 0.0212. The lowest BCUT2D eigenvalue weighted by Gasteiger charge is -2.37. The van der Waals surface area contributed by atoms with E-state index in [1.54, 1.807) is 18.4 Å². The quantitative estimate of drug-likeness (QED) is 0.664. The summed E-state index contributed by atoms with van der Waals surface area (Å²) in [6.07, 6.45) is 0.838. The molecule has 6 nitrogen and oxygen atoms in total. The van der Waals surface area contributed by atoms with Gasteiger partial charge in [-0.15, -0.1) is 11.3 Å². The maximum Gasteiger partial charge on any atom is 0.249 e. The first-order valence-electron chi connectivity index (χ1n) is 9.73. The van der Waals surface area contributed by atoms with Gasteiger partial charge in [0.2, 0.25) is 11.8 Å². The minimum atomic E-state index is -0.210. The predicted octanol–water partition coefficient (Wildman–Crippen LogP) is 2.65. The van der Waals surface area contributed by atoms with Crippen LogP contribution in [0.2, 0.25) is 0 Å². The van der Waals surface area contributed by atoms with Crippen molar-refractivity contribution in [3.63, 3.8) is 0 Å². The number of carbonyl (C=O) groups is 2. The van der Waals surface area contributed by atoms with Crippen molar-refractivity contribution >= 4 is 23.2 Å². The van der Waals surface area contributed by atoms with Crippen LogP contribution in [0.15, 0.2) is 35.7 Å². The second kappa shape index (κ2) is 10.0. The lowest BCUT2D eigenvalue weighted by molar-refractivity contribution is -0.144. The summed E-state index contributed by atoms with van der Waals surface area (Å²) in [5, 5.41) is 2.09. The lowest BCUT2D eigenvalue weighted by atomic mass is 9.92. The number of carbonyl (C=O) groups excluding carboxylic acids is 2. The van der Waals surface area contributed by atoms with E-state index in [1.807, 2.05) is 4.90 Å². The fourth-order valence-electron chi connectivity index (χ4n) is 3.66. The highest BCUT2D eigenvalue weighted by Gasteiger charge is 2.33. The van der Waals surface area contributed by atoms with Crippen LogP contribution in [0.3, 0.4) is 0 Å². The molecule has 0 bridgehead atoms. The van der Waals surface area contributed by atoms with E-state index in [2.05, 4.69) is 42.6 Å². The molecular weight excluding hydrogens is 388 g/mol. The minimum Gasteiger partial charge on any atom is -0.383 e. The zero-order chi connectivity index (χ0) is 20.8. The molecule has 0 unspecified atom stereocenters. The Morgan fingerprint density at radius 3 is 2.62 bits per heavy atom. The zero-order valence-corrected chi connectivity index (χ0v) is 18.0. The van der Waals surface area contributed by atoms with E-state index in [9.17, 15) is 9.59 Å². The van der Waals surface area contributed by atoms with Gasteiger partial charge in [-0.25, -0.2) is 0 Å². The molecule has 1 aromatic carbocycles. The van der Waals surface area contributed by atoms with Gasteiger partial charge in [0.05, 0.1) is 19.2 Å². The lowest BCUT2D eigenvalue weighted by Crippen LogP contribution is -2.48. The van der Waals surface area contributed by atoms with E-state index in [0.717, 1.165) is 12.0 Å². The van der Waals surface area contributed by atoms with E-state index in [-0.39, 0.29) is 31.0 Å². The van der Waals surface area contributed by atoms with Crippen molar-refractivity contribution in [2.75, 3.05) is 47.1 Å². The number of amides is 2. The van der Waals surface area contributed by atoms with Crippen molar-refractivity contribution in [3.05, 3.63) is 57.3 Å². The molecule has 0 radical (unpaired) electrons. The fraction of sp³-hybridized carbons (Fsp3) is 0.455. The molecule has 1 aliphatic rings. The molecule has 2 aromatic rings. The molecule has 0 N–H and O–H groups in total. The summed E-state index contributed by atoms with van der Waals surface area (Å²) in [6, 6.07) is 10.3. The van der Waals surface area contributed by atoms with Crippen LogP contribution in [0.25, 0.3) is 0 Å². The van der Waals surface area contributed by atoms with Gasteiger partial charge in [-0.1, -0.05) is 29.8 Å². The molecule has 0 spiro atoms. The third kappa shape index (κ3) is 5.04. The molecule has 2 amide bonds. The Balaban J connectivity index is 1.85. The molecule has 156 valence electrons. The number of hydrogen-bond acceptors (Lipinski definition) is 5. The van der Waals surface area contributed by atoms with Gasteiger partial charge in [-0.3, -0.25) is 9.59 Å². The highest BCUT2D eigenvalue weighted by Crippen LogP contribution is 2.37. The normalized spacial score (nSPS) is 15.8. The number of aryl methyl sites for hydroxylation is 1. The third-order valence-corrected chi connectivity index (χ3v) is 6.19. The topological polar surface area (TPSA) is 59.1 Å². The number of rotatable bonds is 8. The van der Waals surface area contributed by atoms with Crippen LogP contribution >= 0.6 is 11.3 Å². The fourth-order valence-corrected chi connectivity index (χ4v) is 4.56. The van der Waals surface area contributed by atoms with E-state index < -0.39 is 0 Å². The Morgan fingerprint density at radius 2 is 1.93 bits per heavy atom. The average molecular weight is 417 g/mol. The molecule has 0 aliphatic carbocycles. The van der Waals surface area contributed by atoms with Crippen molar-refractivity contribution in [1.29, 1.82) is 0 Å². The third-order valence-electron chi connectivity index (χ3n) is 5.19. The average Bonchev–Trinajstić information content (AvgIpc) is 3.20. The maximum atomic E-state index is 13.3. The summed E-state index contributed by atoms with van der Waals surface area (Å²) >= 11 is 1.74. The molecule has 1 atom stereocenters. The van der Waals surface area contributed by atoms with Crippen molar-refractivity contribution in [2.45, 2.75) is 19.4 Å². The number of ether oxygens (including phenoxy) is 2. The van der Waals surface area contributed by atoms with Gasteiger partial charge in [0.25, 0.3) is 0 Å². The van der Waals surface area contributed by atoms with Crippen molar-refractivity contribution < 1.29 is 19.1 Å². The number of hydrogen-bond donors (Lipinski definition) is 0. The van der Waals surface area contributed by atoms with E-state index in [0.29, 0.717) is 19.7 Å². The van der Waals surface area contributed by atoms with Crippen molar-refractivity contribution in [3.8, 4) is 0 Å². The van der Waals surface area contributed by atoms with E-state index in [1.165, 1.54) is 28.0 Å². The summed E-state index contributed by atoms with van der Waals surface area (Å²) in [5.41, 5.74) is 3.46. The van der Waals surface area contributed by atoms with Crippen molar-refractivity contribution in [2.24, 2.45) is 0 Å². The number of fused-ring (bicyclic) bond motifs is 1. The number of methoxy groups -OCH3 is 2. The molecule has 0 saturated heterocycles. The highest BCUT2D eigenvalue weighted by atomic mass is 32.1.